The largest absolute Gasteiger partial charge is 0.391 e. The lowest BCUT2D eigenvalue weighted by Gasteiger charge is -2.29. The summed E-state index contributed by atoms with van der Waals surface area (Å²) >= 11 is 0. The number of aliphatic hydroxyl groups is 1. The van der Waals surface area contributed by atoms with Crippen molar-refractivity contribution >= 4 is 22.3 Å². The Kier molecular flexibility index (Phi) is 3.70. The summed E-state index contributed by atoms with van der Waals surface area (Å²) in [5, 5.41) is 25.2. The predicted octanol–water partition coefficient (Wildman–Crippen LogP) is 2.86. The van der Waals surface area contributed by atoms with Crippen LogP contribution < -0.4 is 5.32 Å². The Balaban J connectivity index is 2.05. The highest BCUT2D eigenvalue weighted by Gasteiger charge is 2.26. The van der Waals surface area contributed by atoms with Crippen LogP contribution in [0.15, 0.2) is 30.5 Å². The molecule has 3 rings (SSSR count). The minimum Gasteiger partial charge on any atom is -0.391 e. The quantitative estimate of drug-likeness (QED) is 0.669. The van der Waals surface area contributed by atoms with Gasteiger partial charge in [0.05, 0.1) is 22.6 Å². The van der Waals surface area contributed by atoms with Crippen LogP contribution in [0.2, 0.25) is 0 Å². The number of aliphatic hydroxyl groups excluding tert-OH is 1. The number of aromatic nitrogens is 1. The van der Waals surface area contributed by atoms with Crippen LogP contribution in [0.25, 0.3) is 10.9 Å². The second-order valence-corrected chi connectivity index (χ2v) is 5.40. The molecule has 2 aromatic rings. The Morgan fingerprint density at radius 2 is 2.05 bits per heavy atom. The van der Waals surface area contributed by atoms with Gasteiger partial charge in [0.15, 0.2) is 0 Å². The molecule has 0 amide bonds. The average Bonchev–Trinajstić information content (AvgIpc) is 2.49. The second kappa shape index (κ2) is 5.65. The first kappa shape index (κ1) is 13.8. The molecular formula is C15H17N3O3. The first-order valence-electron chi connectivity index (χ1n) is 7.13. The van der Waals surface area contributed by atoms with Gasteiger partial charge in [0.1, 0.15) is 11.9 Å². The molecule has 2 N–H and O–H groups in total. The van der Waals surface area contributed by atoms with Crippen molar-refractivity contribution in [1.29, 1.82) is 0 Å². The molecule has 2 unspecified atom stereocenters. The monoisotopic (exact) mass is 287 g/mol. The zero-order valence-corrected chi connectivity index (χ0v) is 11.5. The molecule has 1 aliphatic rings. The summed E-state index contributed by atoms with van der Waals surface area (Å²) in [7, 11) is 0. The Morgan fingerprint density at radius 1 is 1.29 bits per heavy atom. The van der Waals surface area contributed by atoms with E-state index in [0.717, 1.165) is 25.7 Å². The molecule has 1 aliphatic carbocycles. The normalized spacial score (nSPS) is 22.1. The van der Waals surface area contributed by atoms with Gasteiger partial charge in [0.25, 0.3) is 0 Å². The van der Waals surface area contributed by atoms with Gasteiger partial charge in [-0.1, -0.05) is 31.0 Å². The smallest absolute Gasteiger partial charge is 0.311 e. The zero-order chi connectivity index (χ0) is 14.8. The van der Waals surface area contributed by atoms with Crippen LogP contribution in [0.5, 0.6) is 0 Å². The van der Waals surface area contributed by atoms with Crippen molar-refractivity contribution in [3.63, 3.8) is 0 Å². The fourth-order valence-corrected chi connectivity index (χ4v) is 2.89. The van der Waals surface area contributed by atoms with E-state index in [-0.39, 0.29) is 11.7 Å². The van der Waals surface area contributed by atoms with Crippen molar-refractivity contribution in [2.45, 2.75) is 37.8 Å². The number of para-hydroxylation sites is 1. The minimum absolute atomic E-state index is 0.0496. The fourth-order valence-electron chi connectivity index (χ4n) is 2.89. The molecule has 0 saturated heterocycles. The standard InChI is InChI=1S/C15H17N3O3/c19-14-8-4-3-7-12(14)17-15-10-5-1-2-6-11(10)16-9-13(15)18(20)21/h1-2,5-6,9,12,14,19H,3-4,7-8H2,(H,16,17). The molecule has 1 aromatic carbocycles. The molecule has 0 bridgehead atoms. The number of fused-ring (bicyclic) bond motifs is 1. The molecule has 1 saturated carbocycles. The molecule has 1 aromatic heterocycles. The van der Waals surface area contributed by atoms with Crippen LogP contribution in [-0.4, -0.2) is 27.2 Å². The predicted molar refractivity (Wildman–Crippen MR) is 80.3 cm³/mol. The highest BCUT2D eigenvalue weighted by atomic mass is 16.6. The first-order valence-corrected chi connectivity index (χ1v) is 7.13. The molecule has 110 valence electrons. The summed E-state index contributed by atoms with van der Waals surface area (Å²) in [6.45, 7) is 0. The Hall–Kier alpha value is -2.21. The molecule has 2 atom stereocenters. The van der Waals surface area contributed by atoms with Gasteiger partial charge in [0.2, 0.25) is 0 Å². The van der Waals surface area contributed by atoms with Crippen molar-refractivity contribution in [3.8, 4) is 0 Å². The van der Waals surface area contributed by atoms with Crippen LogP contribution >= 0.6 is 0 Å². The molecular weight excluding hydrogens is 270 g/mol. The van der Waals surface area contributed by atoms with Crippen molar-refractivity contribution in [1.82, 2.24) is 4.98 Å². The number of nitrogens with one attached hydrogen (secondary N) is 1. The van der Waals surface area contributed by atoms with Gasteiger partial charge in [-0.2, -0.15) is 0 Å². The Labute approximate surface area is 122 Å². The van der Waals surface area contributed by atoms with Gasteiger partial charge in [-0.25, -0.2) is 4.98 Å². The van der Waals surface area contributed by atoms with E-state index in [0.29, 0.717) is 16.6 Å². The molecule has 0 aliphatic heterocycles. The number of anilines is 1. The lowest BCUT2D eigenvalue weighted by molar-refractivity contribution is -0.384. The second-order valence-electron chi connectivity index (χ2n) is 5.40. The van der Waals surface area contributed by atoms with Gasteiger partial charge in [0, 0.05) is 5.39 Å². The molecule has 6 heteroatoms. The summed E-state index contributed by atoms with van der Waals surface area (Å²) in [5.41, 5.74) is 1.11. The van der Waals surface area contributed by atoms with Crippen molar-refractivity contribution in [2.75, 3.05) is 5.32 Å². The third-order valence-corrected chi connectivity index (χ3v) is 4.01. The number of benzene rings is 1. The summed E-state index contributed by atoms with van der Waals surface area (Å²) in [6, 6.07) is 7.16. The Morgan fingerprint density at radius 3 is 2.81 bits per heavy atom. The summed E-state index contributed by atoms with van der Waals surface area (Å²) < 4.78 is 0. The molecule has 0 radical (unpaired) electrons. The maximum absolute atomic E-state index is 11.3. The molecule has 1 heterocycles. The maximum Gasteiger partial charge on any atom is 0.311 e. The van der Waals surface area contributed by atoms with Crippen LogP contribution in [0, 0.1) is 10.1 Å². The van der Waals surface area contributed by atoms with Crippen LogP contribution in [0.1, 0.15) is 25.7 Å². The maximum atomic E-state index is 11.3. The van der Waals surface area contributed by atoms with E-state index < -0.39 is 11.0 Å². The number of rotatable bonds is 3. The summed E-state index contributed by atoms with van der Waals surface area (Å²) in [4.78, 5) is 14.9. The third kappa shape index (κ3) is 2.67. The molecule has 1 fully saturated rings. The topological polar surface area (TPSA) is 88.3 Å². The van der Waals surface area contributed by atoms with Crippen molar-refractivity contribution < 1.29 is 10.0 Å². The van der Waals surface area contributed by atoms with E-state index in [1.807, 2.05) is 24.3 Å². The van der Waals surface area contributed by atoms with Crippen molar-refractivity contribution in [2.24, 2.45) is 0 Å². The number of nitro groups is 1. The Bertz CT molecular complexity index is 674. The summed E-state index contributed by atoms with van der Waals surface area (Å²) in [6.07, 6.45) is 4.37. The van der Waals surface area contributed by atoms with Gasteiger partial charge < -0.3 is 10.4 Å². The van der Waals surface area contributed by atoms with E-state index >= 15 is 0 Å². The molecule has 0 spiro atoms. The van der Waals surface area contributed by atoms with E-state index in [4.69, 9.17) is 0 Å². The van der Waals surface area contributed by atoms with E-state index in [9.17, 15) is 15.2 Å². The van der Waals surface area contributed by atoms with Gasteiger partial charge in [-0.15, -0.1) is 0 Å². The lowest BCUT2D eigenvalue weighted by Crippen LogP contribution is -2.36. The van der Waals surface area contributed by atoms with Gasteiger partial charge in [-0.05, 0) is 18.9 Å². The average molecular weight is 287 g/mol. The number of nitrogens with zero attached hydrogens (tertiary/aromatic N) is 2. The molecule has 21 heavy (non-hydrogen) atoms. The van der Waals surface area contributed by atoms with Gasteiger partial charge >= 0.3 is 5.69 Å². The number of hydrogen-bond acceptors (Lipinski definition) is 5. The van der Waals surface area contributed by atoms with Crippen molar-refractivity contribution in [3.05, 3.63) is 40.6 Å². The van der Waals surface area contributed by atoms with E-state index in [1.165, 1.54) is 6.20 Å². The van der Waals surface area contributed by atoms with E-state index in [2.05, 4.69) is 10.3 Å². The van der Waals surface area contributed by atoms with Crippen LogP contribution in [-0.2, 0) is 0 Å². The van der Waals surface area contributed by atoms with Gasteiger partial charge in [-0.3, -0.25) is 10.1 Å². The highest BCUT2D eigenvalue weighted by Crippen LogP contribution is 2.33. The molecule has 6 nitrogen and oxygen atoms in total. The number of hydrogen-bond donors (Lipinski definition) is 2. The van der Waals surface area contributed by atoms with Crippen LogP contribution in [0.3, 0.4) is 0 Å². The third-order valence-electron chi connectivity index (χ3n) is 4.01. The van der Waals surface area contributed by atoms with E-state index in [1.54, 1.807) is 0 Å². The number of pyridine rings is 1. The fraction of sp³-hybridized carbons (Fsp3) is 0.400. The first-order chi connectivity index (χ1) is 10.2. The van der Waals surface area contributed by atoms with Crippen LogP contribution in [0.4, 0.5) is 11.4 Å². The lowest BCUT2D eigenvalue weighted by atomic mass is 9.92. The SMILES string of the molecule is O=[N+]([O-])c1cnc2ccccc2c1NC1CCCCC1O. The zero-order valence-electron chi connectivity index (χ0n) is 11.5. The summed E-state index contributed by atoms with van der Waals surface area (Å²) in [5.74, 6) is 0. The highest BCUT2D eigenvalue weighted by molar-refractivity contribution is 5.95. The minimum atomic E-state index is -0.467.